The molecule has 1 saturated heterocycles. The summed E-state index contributed by atoms with van der Waals surface area (Å²) in [4.78, 5) is 26.6. The maximum atomic E-state index is 13.2. The molecule has 0 radical (unpaired) electrons. The first kappa shape index (κ1) is 18.7. The zero-order valence-corrected chi connectivity index (χ0v) is 17.3. The fraction of sp³-hybridized carbons (Fsp3) is 0.476. The Hall–Kier alpha value is -2.29. The Balaban J connectivity index is 1.59. The molecule has 3 aromatic rings. The summed E-state index contributed by atoms with van der Waals surface area (Å²) in [5.41, 5.74) is 1.91. The van der Waals surface area contributed by atoms with Crippen molar-refractivity contribution >= 4 is 27.4 Å². The number of thiazole rings is 1. The van der Waals surface area contributed by atoms with Crippen molar-refractivity contribution in [2.75, 3.05) is 31.8 Å². The molecular formula is C21H24N4O3S. The molecule has 0 N–H and O–H groups in total. The number of para-hydroxylation sites is 1. The van der Waals surface area contributed by atoms with Gasteiger partial charge in [0.2, 0.25) is 0 Å². The lowest BCUT2D eigenvalue weighted by Crippen LogP contribution is -2.33. The van der Waals surface area contributed by atoms with Crippen molar-refractivity contribution < 1.29 is 9.47 Å². The summed E-state index contributed by atoms with van der Waals surface area (Å²) < 4.78 is 12.7. The van der Waals surface area contributed by atoms with Gasteiger partial charge >= 0.3 is 0 Å². The van der Waals surface area contributed by atoms with Crippen LogP contribution in [-0.2, 0) is 29.0 Å². The third-order valence-corrected chi connectivity index (χ3v) is 6.80. The highest BCUT2D eigenvalue weighted by Crippen LogP contribution is 2.39. The molecule has 0 saturated carbocycles. The topological polar surface area (TPSA) is 69.5 Å². The molecule has 29 heavy (non-hydrogen) atoms. The van der Waals surface area contributed by atoms with Gasteiger partial charge in [-0.3, -0.25) is 9.36 Å². The van der Waals surface area contributed by atoms with Gasteiger partial charge in [-0.05, 0) is 25.0 Å². The monoisotopic (exact) mass is 412 g/mol. The lowest BCUT2D eigenvalue weighted by atomic mass is 10.1. The van der Waals surface area contributed by atoms with Crippen LogP contribution in [0.5, 0.6) is 0 Å². The van der Waals surface area contributed by atoms with Gasteiger partial charge in [0.15, 0.2) is 5.13 Å². The number of aromatic nitrogens is 3. The second kappa shape index (κ2) is 7.85. The normalized spacial score (nSPS) is 19.1. The number of fused-ring (bicyclic) bond motifs is 2. The van der Waals surface area contributed by atoms with Crippen LogP contribution in [-0.4, -0.2) is 41.4 Å². The van der Waals surface area contributed by atoms with Crippen molar-refractivity contribution in [3.8, 4) is 0 Å². The third kappa shape index (κ3) is 3.35. The predicted molar refractivity (Wildman–Crippen MR) is 113 cm³/mol. The average molecular weight is 413 g/mol. The highest BCUT2D eigenvalue weighted by atomic mass is 32.1. The average Bonchev–Trinajstić information content (AvgIpc) is 3.39. The van der Waals surface area contributed by atoms with Crippen LogP contribution >= 0.6 is 11.3 Å². The number of nitrogens with zero attached hydrogens (tertiary/aromatic N) is 4. The summed E-state index contributed by atoms with van der Waals surface area (Å²) in [6.07, 6.45) is 2.88. The van der Waals surface area contributed by atoms with Gasteiger partial charge < -0.3 is 14.4 Å². The van der Waals surface area contributed by atoms with Gasteiger partial charge in [-0.2, -0.15) is 0 Å². The maximum Gasteiger partial charge on any atom is 0.261 e. The molecule has 152 valence electrons. The molecule has 1 aromatic carbocycles. The molecule has 5 rings (SSSR count). The molecule has 1 unspecified atom stereocenters. The van der Waals surface area contributed by atoms with Crippen LogP contribution in [0.1, 0.15) is 35.3 Å². The van der Waals surface area contributed by atoms with Gasteiger partial charge in [0.05, 0.1) is 53.9 Å². The van der Waals surface area contributed by atoms with Crippen LogP contribution in [0.15, 0.2) is 29.1 Å². The Morgan fingerprint density at radius 3 is 3.07 bits per heavy atom. The van der Waals surface area contributed by atoms with Crippen molar-refractivity contribution in [3.05, 3.63) is 51.0 Å². The second-order valence-corrected chi connectivity index (χ2v) is 8.52. The minimum Gasteiger partial charge on any atom is -0.383 e. The molecular weight excluding hydrogens is 388 g/mol. The van der Waals surface area contributed by atoms with E-state index in [1.807, 2.05) is 24.3 Å². The standard InChI is InChI=1S/C21H24N4O3S/c1-27-12-10-25-19(22-15-6-3-2-5-14(15)20(25)26)17-7-4-9-24(17)21-23-16-8-11-28-13-18(16)29-21/h2-3,5-6,17H,4,7-13H2,1H3. The quantitative estimate of drug-likeness (QED) is 0.642. The third-order valence-electron chi connectivity index (χ3n) is 5.69. The lowest BCUT2D eigenvalue weighted by molar-refractivity contribution is 0.112. The van der Waals surface area contributed by atoms with Crippen LogP contribution in [0.4, 0.5) is 5.13 Å². The SMILES string of the molecule is COCCn1c(C2CCCN2c2nc3c(s2)COCC3)nc2ccccc2c1=O. The van der Waals surface area contributed by atoms with Crippen LogP contribution < -0.4 is 10.5 Å². The van der Waals surface area contributed by atoms with E-state index in [-0.39, 0.29) is 11.6 Å². The maximum absolute atomic E-state index is 13.2. The van der Waals surface area contributed by atoms with E-state index in [2.05, 4.69) is 4.90 Å². The molecule has 1 atom stereocenters. The number of hydrogen-bond acceptors (Lipinski definition) is 7. The van der Waals surface area contributed by atoms with Crippen molar-refractivity contribution in [3.63, 3.8) is 0 Å². The number of anilines is 1. The van der Waals surface area contributed by atoms with E-state index >= 15 is 0 Å². The number of benzene rings is 1. The molecule has 8 heteroatoms. The molecule has 0 amide bonds. The van der Waals surface area contributed by atoms with Crippen LogP contribution in [0.3, 0.4) is 0 Å². The van der Waals surface area contributed by atoms with Gasteiger partial charge in [-0.25, -0.2) is 9.97 Å². The van der Waals surface area contributed by atoms with Crippen LogP contribution in [0.2, 0.25) is 0 Å². The summed E-state index contributed by atoms with van der Waals surface area (Å²) in [5.74, 6) is 0.813. The van der Waals surface area contributed by atoms with Crippen molar-refractivity contribution in [2.24, 2.45) is 0 Å². The highest BCUT2D eigenvalue weighted by Gasteiger charge is 2.33. The molecule has 0 spiro atoms. The van der Waals surface area contributed by atoms with Gasteiger partial charge in [-0.1, -0.05) is 23.5 Å². The van der Waals surface area contributed by atoms with Gasteiger partial charge in [0, 0.05) is 20.1 Å². The summed E-state index contributed by atoms with van der Waals surface area (Å²) in [6, 6.07) is 7.62. The first-order chi connectivity index (χ1) is 14.3. The molecule has 4 heterocycles. The zero-order chi connectivity index (χ0) is 19.8. The Morgan fingerprint density at radius 1 is 1.31 bits per heavy atom. The second-order valence-electron chi connectivity index (χ2n) is 7.46. The Kier molecular flexibility index (Phi) is 5.07. The van der Waals surface area contributed by atoms with E-state index in [1.54, 1.807) is 23.0 Å². The Labute approximate surface area is 172 Å². The Morgan fingerprint density at radius 2 is 2.21 bits per heavy atom. The van der Waals surface area contributed by atoms with Crippen molar-refractivity contribution in [1.82, 2.24) is 14.5 Å². The van der Waals surface area contributed by atoms with Gasteiger partial charge in [0.25, 0.3) is 5.56 Å². The molecule has 0 aliphatic carbocycles. The molecule has 7 nitrogen and oxygen atoms in total. The van der Waals surface area contributed by atoms with E-state index in [0.717, 1.165) is 54.6 Å². The summed E-state index contributed by atoms with van der Waals surface area (Å²) >= 11 is 1.71. The van der Waals surface area contributed by atoms with Crippen LogP contribution in [0.25, 0.3) is 10.9 Å². The number of rotatable bonds is 5. The summed E-state index contributed by atoms with van der Waals surface area (Å²) in [7, 11) is 1.66. The van der Waals surface area contributed by atoms with E-state index < -0.39 is 0 Å². The number of methoxy groups -OCH3 is 1. The minimum atomic E-state index is 0.00123. The van der Waals surface area contributed by atoms with E-state index in [4.69, 9.17) is 19.4 Å². The molecule has 2 aromatic heterocycles. The van der Waals surface area contributed by atoms with E-state index in [0.29, 0.717) is 25.1 Å². The minimum absolute atomic E-state index is 0.00123. The smallest absolute Gasteiger partial charge is 0.261 e. The fourth-order valence-electron chi connectivity index (χ4n) is 4.24. The van der Waals surface area contributed by atoms with Crippen molar-refractivity contribution in [2.45, 2.75) is 38.5 Å². The van der Waals surface area contributed by atoms with Gasteiger partial charge in [0.1, 0.15) is 5.82 Å². The number of ether oxygens (including phenoxy) is 2. The van der Waals surface area contributed by atoms with E-state index in [1.165, 1.54) is 4.88 Å². The van der Waals surface area contributed by atoms with Crippen LogP contribution in [0, 0.1) is 0 Å². The molecule has 1 fully saturated rings. The Bertz CT molecular complexity index is 1070. The summed E-state index contributed by atoms with van der Waals surface area (Å²) in [5, 5.41) is 1.67. The summed E-state index contributed by atoms with van der Waals surface area (Å²) in [6.45, 7) is 3.28. The molecule has 0 bridgehead atoms. The first-order valence-electron chi connectivity index (χ1n) is 10.1. The van der Waals surface area contributed by atoms with Gasteiger partial charge in [-0.15, -0.1) is 0 Å². The molecule has 2 aliphatic heterocycles. The van der Waals surface area contributed by atoms with E-state index in [9.17, 15) is 4.79 Å². The lowest BCUT2D eigenvalue weighted by Gasteiger charge is -2.26. The molecule has 2 aliphatic rings. The zero-order valence-electron chi connectivity index (χ0n) is 16.5. The predicted octanol–water partition coefficient (Wildman–Crippen LogP) is 2.91. The largest absolute Gasteiger partial charge is 0.383 e. The van der Waals surface area contributed by atoms with Crippen molar-refractivity contribution in [1.29, 1.82) is 0 Å². The number of hydrogen-bond donors (Lipinski definition) is 0. The highest BCUT2D eigenvalue weighted by molar-refractivity contribution is 7.15. The fourth-order valence-corrected chi connectivity index (χ4v) is 5.36. The first-order valence-corrected chi connectivity index (χ1v) is 10.9.